The summed E-state index contributed by atoms with van der Waals surface area (Å²) in [5, 5.41) is 0.746. The Labute approximate surface area is 127 Å². The number of ether oxygens (including phenoxy) is 1. The first-order valence-electron chi connectivity index (χ1n) is 6.58. The predicted molar refractivity (Wildman–Crippen MR) is 82.3 cm³/mol. The Morgan fingerprint density at radius 3 is 2.45 bits per heavy atom. The largest absolute Gasteiger partial charge is 0.427 e. The van der Waals surface area contributed by atoms with E-state index in [2.05, 4.69) is 0 Å². The lowest BCUT2D eigenvalue weighted by molar-refractivity contribution is -0.131. The van der Waals surface area contributed by atoms with Gasteiger partial charge in [-0.2, -0.15) is 0 Å². The predicted octanol–water partition coefficient (Wildman–Crippen LogP) is 2.80. The number of benzene rings is 2. The Balaban J connectivity index is 2.17. The van der Waals surface area contributed by atoms with Gasteiger partial charge in [-0.1, -0.05) is 18.2 Å². The second-order valence-electron chi connectivity index (χ2n) is 4.74. The highest BCUT2D eigenvalue weighted by Crippen LogP contribution is 2.25. The summed E-state index contributed by atoms with van der Waals surface area (Å²) >= 11 is 0. The molecule has 0 aliphatic rings. The third-order valence-corrected chi connectivity index (χ3v) is 4.89. The quantitative estimate of drug-likeness (QED) is 0.550. The summed E-state index contributed by atoms with van der Waals surface area (Å²) in [5.41, 5.74) is 0.461. The number of fused-ring (bicyclic) bond motifs is 1. The summed E-state index contributed by atoms with van der Waals surface area (Å²) < 4.78 is 31.6. The van der Waals surface area contributed by atoms with Crippen molar-refractivity contribution in [2.75, 3.05) is 0 Å². The molecule has 112 valence electrons. The molecule has 0 amide bonds. The molecule has 6 heteroatoms. The fourth-order valence-electron chi connectivity index (χ4n) is 2.23. The zero-order valence-electron chi connectivity index (χ0n) is 11.8. The number of hydrogen-bond donors (Lipinski definition) is 0. The van der Waals surface area contributed by atoms with Gasteiger partial charge in [0.05, 0.1) is 10.4 Å². The van der Waals surface area contributed by atoms with Crippen molar-refractivity contribution in [2.45, 2.75) is 11.8 Å². The van der Waals surface area contributed by atoms with Gasteiger partial charge in [0.2, 0.25) is 0 Å². The van der Waals surface area contributed by atoms with Crippen molar-refractivity contribution in [1.82, 2.24) is 3.97 Å². The van der Waals surface area contributed by atoms with E-state index in [0.717, 1.165) is 5.39 Å². The van der Waals surface area contributed by atoms with Gasteiger partial charge < -0.3 is 4.74 Å². The first-order valence-corrected chi connectivity index (χ1v) is 8.02. The van der Waals surface area contributed by atoms with Crippen molar-refractivity contribution >= 4 is 26.9 Å². The molecule has 0 radical (unpaired) electrons. The number of carbonyl (C=O) groups excluding carboxylic acids is 1. The molecule has 0 aliphatic heterocycles. The van der Waals surface area contributed by atoms with Crippen LogP contribution in [0.3, 0.4) is 0 Å². The van der Waals surface area contributed by atoms with Crippen LogP contribution >= 0.6 is 0 Å². The van der Waals surface area contributed by atoms with Crippen molar-refractivity contribution in [2.24, 2.45) is 0 Å². The summed E-state index contributed by atoms with van der Waals surface area (Å²) in [7, 11) is -3.69. The Kier molecular flexibility index (Phi) is 3.46. The molecule has 22 heavy (non-hydrogen) atoms. The fourth-order valence-corrected chi connectivity index (χ4v) is 3.60. The van der Waals surface area contributed by atoms with E-state index in [0.29, 0.717) is 11.3 Å². The average molecular weight is 315 g/mol. The molecule has 0 saturated heterocycles. The Bertz CT molecular complexity index is 943. The van der Waals surface area contributed by atoms with E-state index in [1.165, 1.54) is 35.3 Å². The molecule has 0 N–H and O–H groups in total. The van der Waals surface area contributed by atoms with Crippen LogP contribution in [0, 0.1) is 0 Å². The van der Waals surface area contributed by atoms with Crippen LogP contribution in [0.4, 0.5) is 0 Å². The van der Waals surface area contributed by atoms with Gasteiger partial charge in [0.25, 0.3) is 10.0 Å². The number of esters is 1. The number of carbonyl (C=O) groups is 1. The molecule has 1 aromatic heterocycles. The molecule has 0 spiro atoms. The van der Waals surface area contributed by atoms with Crippen molar-refractivity contribution in [1.29, 1.82) is 0 Å². The van der Waals surface area contributed by atoms with Crippen LogP contribution in [0.25, 0.3) is 10.9 Å². The van der Waals surface area contributed by atoms with Crippen LogP contribution in [-0.4, -0.2) is 18.4 Å². The standard InChI is InChI=1S/C16H13NO4S/c1-12(18)21-14-8-7-13-9-10-17(16(13)11-14)22(19,20)15-5-3-2-4-6-15/h2-11H,1H3. The normalized spacial score (nSPS) is 11.5. The van der Waals surface area contributed by atoms with Gasteiger partial charge in [0, 0.05) is 24.6 Å². The lowest BCUT2D eigenvalue weighted by Gasteiger charge is -2.08. The SMILES string of the molecule is CC(=O)Oc1ccc2ccn(S(=O)(=O)c3ccccc3)c2c1. The van der Waals surface area contributed by atoms with Gasteiger partial charge in [-0.3, -0.25) is 4.79 Å². The topological polar surface area (TPSA) is 65.4 Å². The molecule has 0 fully saturated rings. The lowest BCUT2D eigenvalue weighted by Crippen LogP contribution is -2.11. The number of rotatable bonds is 3. The summed E-state index contributed by atoms with van der Waals surface area (Å²) in [4.78, 5) is 11.2. The number of nitrogens with zero attached hydrogens (tertiary/aromatic N) is 1. The van der Waals surface area contributed by atoms with Crippen LogP contribution in [0.5, 0.6) is 5.75 Å². The van der Waals surface area contributed by atoms with Crippen LogP contribution in [0.1, 0.15) is 6.92 Å². The molecular formula is C16H13NO4S. The maximum atomic E-state index is 12.7. The minimum Gasteiger partial charge on any atom is -0.427 e. The third-order valence-electron chi connectivity index (χ3n) is 3.19. The minimum absolute atomic E-state index is 0.199. The third kappa shape index (κ3) is 2.48. The molecule has 5 nitrogen and oxygen atoms in total. The Morgan fingerprint density at radius 2 is 1.77 bits per heavy atom. The van der Waals surface area contributed by atoms with Crippen LogP contribution in [-0.2, 0) is 14.8 Å². The van der Waals surface area contributed by atoms with Gasteiger partial charge in [0.15, 0.2) is 0 Å². The van der Waals surface area contributed by atoms with Crippen LogP contribution < -0.4 is 4.74 Å². The molecular weight excluding hydrogens is 302 g/mol. The van der Waals surface area contributed by atoms with E-state index in [1.54, 1.807) is 36.4 Å². The molecule has 0 bridgehead atoms. The monoisotopic (exact) mass is 315 g/mol. The fraction of sp³-hybridized carbons (Fsp3) is 0.0625. The maximum Gasteiger partial charge on any atom is 0.308 e. The average Bonchev–Trinajstić information content (AvgIpc) is 2.91. The van der Waals surface area contributed by atoms with Crippen molar-refractivity contribution in [3.63, 3.8) is 0 Å². The molecule has 0 atom stereocenters. The van der Waals surface area contributed by atoms with E-state index in [9.17, 15) is 13.2 Å². The lowest BCUT2D eigenvalue weighted by atomic mass is 10.2. The van der Waals surface area contributed by atoms with Crippen LogP contribution in [0.15, 0.2) is 65.7 Å². The van der Waals surface area contributed by atoms with Gasteiger partial charge in [-0.15, -0.1) is 0 Å². The first-order chi connectivity index (χ1) is 10.5. The maximum absolute atomic E-state index is 12.7. The zero-order chi connectivity index (χ0) is 15.7. The highest BCUT2D eigenvalue weighted by Gasteiger charge is 2.18. The highest BCUT2D eigenvalue weighted by molar-refractivity contribution is 7.90. The van der Waals surface area contributed by atoms with E-state index >= 15 is 0 Å². The summed E-state index contributed by atoms with van der Waals surface area (Å²) in [6.45, 7) is 1.30. The molecule has 2 aromatic carbocycles. The van der Waals surface area contributed by atoms with Gasteiger partial charge in [-0.05, 0) is 30.3 Å². The zero-order valence-corrected chi connectivity index (χ0v) is 12.6. The van der Waals surface area contributed by atoms with E-state index in [-0.39, 0.29) is 4.90 Å². The Hall–Kier alpha value is -2.60. The molecule has 0 aliphatic carbocycles. The van der Waals surface area contributed by atoms with E-state index < -0.39 is 16.0 Å². The Morgan fingerprint density at radius 1 is 1.05 bits per heavy atom. The van der Waals surface area contributed by atoms with Gasteiger partial charge in [0.1, 0.15) is 5.75 Å². The van der Waals surface area contributed by atoms with E-state index in [1.807, 2.05) is 0 Å². The number of aromatic nitrogens is 1. The highest BCUT2D eigenvalue weighted by atomic mass is 32.2. The second-order valence-corrected chi connectivity index (χ2v) is 6.56. The minimum atomic E-state index is -3.69. The van der Waals surface area contributed by atoms with Gasteiger partial charge in [-0.25, -0.2) is 12.4 Å². The number of hydrogen-bond acceptors (Lipinski definition) is 4. The van der Waals surface area contributed by atoms with Crippen molar-refractivity contribution < 1.29 is 17.9 Å². The molecule has 1 heterocycles. The second kappa shape index (κ2) is 5.31. The van der Waals surface area contributed by atoms with Crippen molar-refractivity contribution in [3.8, 4) is 5.75 Å². The molecule has 0 unspecified atom stereocenters. The first kappa shape index (κ1) is 14.3. The summed E-state index contributed by atoms with van der Waals surface area (Å²) in [6, 6.07) is 14.8. The molecule has 3 aromatic rings. The molecule has 0 saturated carbocycles. The summed E-state index contributed by atoms with van der Waals surface area (Å²) in [5.74, 6) is -0.147. The smallest absolute Gasteiger partial charge is 0.308 e. The summed E-state index contributed by atoms with van der Waals surface area (Å²) in [6.07, 6.45) is 1.49. The van der Waals surface area contributed by atoms with Crippen LogP contribution in [0.2, 0.25) is 0 Å². The van der Waals surface area contributed by atoms with Gasteiger partial charge >= 0.3 is 5.97 Å². The van der Waals surface area contributed by atoms with Crippen molar-refractivity contribution in [3.05, 3.63) is 60.8 Å². The molecule has 3 rings (SSSR count). The van der Waals surface area contributed by atoms with E-state index in [4.69, 9.17) is 4.74 Å².